The lowest BCUT2D eigenvalue weighted by Gasteiger charge is -2.25. The number of carbonyl (C=O) groups excluding carboxylic acids is 2. The maximum absolute atomic E-state index is 12.9. The number of esters is 1. The first-order chi connectivity index (χ1) is 11.9. The predicted octanol–water partition coefficient (Wildman–Crippen LogP) is 4.39. The number of aromatic nitrogens is 1. The van der Waals surface area contributed by atoms with E-state index in [1.54, 1.807) is 25.2 Å². The summed E-state index contributed by atoms with van der Waals surface area (Å²) in [6.07, 6.45) is 1.96. The Morgan fingerprint density at radius 2 is 1.96 bits per heavy atom. The molecule has 0 aromatic carbocycles. The third kappa shape index (κ3) is 3.95. The number of hydrogen-bond acceptors (Lipinski definition) is 4. The fourth-order valence-electron chi connectivity index (χ4n) is 3.25. The Kier molecular flexibility index (Phi) is 6.42. The molecule has 5 nitrogen and oxygen atoms in total. The van der Waals surface area contributed by atoms with Gasteiger partial charge in [0.15, 0.2) is 0 Å². The van der Waals surface area contributed by atoms with Crippen LogP contribution in [-0.4, -0.2) is 24.0 Å². The third-order valence-corrected chi connectivity index (χ3v) is 5.67. The van der Waals surface area contributed by atoms with E-state index in [1.165, 1.54) is 7.11 Å². The number of H-pyrrole nitrogens is 1. The molecule has 0 radical (unpaired) electrons. The molecule has 2 N–H and O–H groups in total. The van der Waals surface area contributed by atoms with E-state index in [2.05, 4.69) is 30.2 Å². The summed E-state index contributed by atoms with van der Waals surface area (Å²) >= 11 is 1.65. The minimum absolute atomic E-state index is 0.0351. The van der Waals surface area contributed by atoms with Crippen LogP contribution in [0.15, 0.2) is 17.5 Å². The largest absolute Gasteiger partial charge is 0.465 e. The highest BCUT2D eigenvalue weighted by molar-refractivity contribution is 7.10. The highest BCUT2D eigenvalue weighted by atomic mass is 32.1. The van der Waals surface area contributed by atoms with Crippen LogP contribution in [0.25, 0.3) is 0 Å². The van der Waals surface area contributed by atoms with Crippen LogP contribution in [0.1, 0.15) is 69.7 Å². The van der Waals surface area contributed by atoms with Crippen LogP contribution >= 0.6 is 11.3 Å². The number of ether oxygens (including phenoxy) is 1. The van der Waals surface area contributed by atoms with Crippen molar-refractivity contribution in [2.75, 3.05) is 7.11 Å². The summed E-state index contributed by atoms with van der Waals surface area (Å²) < 4.78 is 4.82. The van der Waals surface area contributed by atoms with Crippen molar-refractivity contribution in [1.29, 1.82) is 0 Å². The second-order valence-electron chi connectivity index (χ2n) is 6.16. The molecular formula is C19H26N2O3S. The standard InChI is InChI=1S/C19H26N2O3S/c1-6-13(7-2)17(14-9-8-10-25-14)21-18(22)16-11(3)15(12(4)20-16)19(23)24-5/h8-10,13,17,20H,6-7H2,1-5H3,(H,21,22). The molecule has 1 atom stereocenters. The van der Waals surface area contributed by atoms with Gasteiger partial charge < -0.3 is 15.0 Å². The lowest BCUT2D eigenvalue weighted by Crippen LogP contribution is -2.33. The van der Waals surface area contributed by atoms with Crippen LogP contribution in [0.2, 0.25) is 0 Å². The molecule has 2 aromatic heterocycles. The predicted molar refractivity (Wildman–Crippen MR) is 100 cm³/mol. The first-order valence-corrected chi connectivity index (χ1v) is 9.44. The molecule has 1 amide bonds. The number of carbonyl (C=O) groups is 2. The molecule has 2 rings (SSSR count). The van der Waals surface area contributed by atoms with Crippen LogP contribution in [0.4, 0.5) is 0 Å². The Morgan fingerprint density at radius 3 is 2.48 bits per heavy atom. The number of aryl methyl sites for hydroxylation is 1. The average molecular weight is 362 g/mol. The Balaban J connectivity index is 2.32. The molecule has 0 aliphatic rings. The van der Waals surface area contributed by atoms with Crippen molar-refractivity contribution >= 4 is 23.2 Å². The monoisotopic (exact) mass is 362 g/mol. The van der Waals surface area contributed by atoms with Crippen molar-refractivity contribution in [1.82, 2.24) is 10.3 Å². The van der Waals surface area contributed by atoms with E-state index < -0.39 is 5.97 Å². The molecule has 0 saturated heterocycles. The Bertz CT molecular complexity index is 730. The number of rotatable bonds is 7. The third-order valence-electron chi connectivity index (χ3n) is 4.71. The Morgan fingerprint density at radius 1 is 1.28 bits per heavy atom. The Labute approximate surface area is 152 Å². The van der Waals surface area contributed by atoms with Crippen LogP contribution in [0.5, 0.6) is 0 Å². The molecule has 2 heterocycles. The number of amides is 1. The fraction of sp³-hybridized carbons (Fsp3) is 0.474. The summed E-state index contributed by atoms with van der Waals surface area (Å²) in [4.78, 5) is 29.0. The summed E-state index contributed by atoms with van der Waals surface area (Å²) in [5.41, 5.74) is 2.12. The van der Waals surface area contributed by atoms with E-state index >= 15 is 0 Å². The fourth-order valence-corrected chi connectivity index (χ4v) is 4.12. The first kappa shape index (κ1) is 19.2. The zero-order chi connectivity index (χ0) is 18.6. The van der Waals surface area contributed by atoms with Gasteiger partial charge in [-0.05, 0) is 36.8 Å². The van der Waals surface area contributed by atoms with Crippen LogP contribution in [-0.2, 0) is 4.74 Å². The number of nitrogens with one attached hydrogen (secondary N) is 2. The quantitative estimate of drug-likeness (QED) is 0.718. The summed E-state index contributed by atoms with van der Waals surface area (Å²) in [6, 6.07) is 4.02. The van der Waals surface area contributed by atoms with Gasteiger partial charge in [-0.15, -0.1) is 11.3 Å². The van der Waals surface area contributed by atoms with Crippen LogP contribution in [0.3, 0.4) is 0 Å². The van der Waals surface area contributed by atoms with Gasteiger partial charge in [0.1, 0.15) is 5.69 Å². The molecular weight excluding hydrogens is 336 g/mol. The average Bonchev–Trinajstić information content (AvgIpc) is 3.22. The molecule has 136 valence electrons. The van der Waals surface area contributed by atoms with Crippen LogP contribution < -0.4 is 5.32 Å². The smallest absolute Gasteiger partial charge is 0.339 e. The highest BCUT2D eigenvalue weighted by Crippen LogP contribution is 2.31. The lowest BCUT2D eigenvalue weighted by atomic mass is 9.92. The molecule has 0 aliphatic heterocycles. The van der Waals surface area contributed by atoms with Gasteiger partial charge in [0, 0.05) is 10.6 Å². The van der Waals surface area contributed by atoms with Gasteiger partial charge in [0.25, 0.3) is 5.91 Å². The van der Waals surface area contributed by atoms with E-state index in [0.29, 0.717) is 28.4 Å². The SMILES string of the molecule is CCC(CC)C(NC(=O)c1[nH]c(C)c(C(=O)OC)c1C)c1cccs1. The van der Waals surface area contributed by atoms with Gasteiger partial charge in [0.05, 0.1) is 18.7 Å². The number of hydrogen-bond donors (Lipinski definition) is 2. The van der Waals surface area contributed by atoms with Crippen molar-refractivity contribution in [3.8, 4) is 0 Å². The minimum Gasteiger partial charge on any atom is -0.465 e. The highest BCUT2D eigenvalue weighted by Gasteiger charge is 2.27. The Hall–Kier alpha value is -2.08. The second-order valence-corrected chi connectivity index (χ2v) is 7.14. The van der Waals surface area contributed by atoms with Crippen molar-refractivity contribution in [3.05, 3.63) is 44.9 Å². The van der Waals surface area contributed by atoms with E-state index in [9.17, 15) is 9.59 Å². The molecule has 0 spiro atoms. The molecule has 0 aliphatic carbocycles. The molecule has 25 heavy (non-hydrogen) atoms. The van der Waals surface area contributed by atoms with Crippen molar-refractivity contribution < 1.29 is 14.3 Å². The second kappa shape index (κ2) is 8.34. The van der Waals surface area contributed by atoms with Crippen LogP contribution in [0, 0.1) is 19.8 Å². The maximum Gasteiger partial charge on any atom is 0.339 e. The van der Waals surface area contributed by atoms with E-state index in [4.69, 9.17) is 4.74 Å². The zero-order valence-electron chi connectivity index (χ0n) is 15.4. The topological polar surface area (TPSA) is 71.2 Å². The van der Waals surface area contributed by atoms with Gasteiger partial charge >= 0.3 is 5.97 Å². The number of methoxy groups -OCH3 is 1. The molecule has 6 heteroatoms. The summed E-state index contributed by atoms with van der Waals surface area (Å²) in [5, 5.41) is 5.19. The molecule has 2 aromatic rings. The number of aromatic amines is 1. The lowest BCUT2D eigenvalue weighted by molar-refractivity contribution is 0.0599. The van der Waals surface area contributed by atoms with Gasteiger partial charge in [-0.3, -0.25) is 4.79 Å². The van der Waals surface area contributed by atoms with E-state index in [0.717, 1.165) is 17.7 Å². The van der Waals surface area contributed by atoms with Gasteiger partial charge in [0.2, 0.25) is 0 Å². The van der Waals surface area contributed by atoms with Gasteiger partial charge in [-0.25, -0.2) is 4.79 Å². The normalized spacial score (nSPS) is 12.2. The van der Waals surface area contributed by atoms with E-state index in [-0.39, 0.29) is 11.9 Å². The molecule has 0 saturated carbocycles. The van der Waals surface area contributed by atoms with E-state index in [1.807, 2.05) is 11.4 Å². The maximum atomic E-state index is 12.9. The summed E-state index contributed by atoms with van der Waals surface area (Å²) in [6.45, 7) is 7.82. The van der Waals surface area contributed by atoms with Gasteiger partial charge in [-0.1, -0.05) is 32.8 Å². The summed E-state index contributed by atoms with van der Waals surface area (Å²) in [7, 11) is 1.34. The van der Waals surface area contributed by atoms with Crippen molar-refractivity contribution in [2.45, 2.75) is 46.6 Å². The molecule has 0 bridgehead atoms. The summed E-state index contributed by atoms with van der Waals surface area (Å²) in [5.74, 6) is -0.264. The molecule has 0 fully saturated rings. The van der Waals surface area contributed by atoms with Crippen molar-refractivity contribution in [3.63, 3.8) is 0 Å². The van der Waals surface area contributed by atoms with Gasteiger partial charge in [-0.2, -0.15) is 0 Å². The zero-order valence-corrected chi connectivity index (χ0v) is 16.3. The number of thiophene rings is 1. The van der Waals surface area contributed by atoms with Crippen molar-refractivity contribution in [2.24, 2.45) is 5.92 Å². The molecule has 1 unspecified atom stereocenters. The first-order valence-electron chi connectivity index (χ1n) is 8.56. The minimum atomic E-state index is -0.430.